The molecule has 23 heavy (non-hydrogen) atoms. The molecule has 9 heteroatoms. The molecule has 0 saturated carbocycles. The maximum atomic E-state index is 12.7. The predicted molar refractivity (Wildman–Crippen MR) is 81.4 cm³/mol. The van der Waals surface area contributed by atoms with Gasteiger partial charge in [-0.3, -0.25) is 14.6 Å². The Kier molecular flexibility index (Phi) is 3.83. The van der Waals surface area contributed by atoms with E-state index in [4.69, 9.17) is 0 Å². The van der Waals surface area contributed by atoms with Crippen LogP contribution in [0.2, 0.25) is 0 Å². The third kappa shape index (κ3) is 2.92. The van der Waals surface area contributed by atoms with Crippen molar-refractivity contribution in [1.29, 1.82) is 0 Å². The van der Waals surface area contributed by atoms with Gasteiger partial charge in [0.15, 0.2) is 9.84 Å². The van der Waals surface area contributed by atoms with E-state index in [1.807, 2.05) is 0 Å². The molecule has 8 nitrogen and oxygen atoms in total. The van der Waals surface area contributed by atoms with E-state index in [0.29, 0.717) is 18.8 Å². The molecule has 3 rings (SSSR count). The van der Waals surface area contributed by atoms with Gasteiger partial charge in [-0.25, -0.2) is 13.4 Å². The van der Waals surface area contributed by atoms with E-state index in [1.54, 1.807) is 11.8 Å². The summed E-state index contributed by atoms with van der Waals surface area (Å²) >= 11 is 0. The summed E-state index contributed by atoms with van der Waals surface area (Å²) in [4.78, 5) is 35.6. The lowest BCUT2D eigenvalue weighted by molar-refractivity contribution is -0.133. The smallest absolute Gasteiger partial charge is 0.274 e. The van der Waals surface area contributed by atoms with Crippen LogP contribution in [0.25, 0.3) is 0 Å². The molecule has 0 N–H and O–H groups in total. The quantitative estimate of drug-likeness (QED) is 0.668. The molecular formula is C14H18N4O4S. The van der Waals surface area contributed by atoms with Crippen molar-refractivity contribution in [3.63, 3.8) is 0 Å². The molecule has 0 radical (unpaired) electrons. The lowest BCUT2D eigenvalue weighted by Crippen LogP contribution is -2.61. The maximum absolute atomic E-state index is 12.7. The Morgan fingerprint density at radius 3 is 2.26 bits per heavy atom. The third-order valence-corrected chi connectivity index (χ3v) is 6.04. The molecule has 2 atom stereocenters. The summed E-state index contributed by atoms with van der Waals surface area (Å²) in [6.45, 7) is 3.82. The summed E-state index contributed by atoms with van der Waals surface area (Å²) in [6.07, 6.45) is 2.90. The third-order valence-electron chi connectivity index (χ3n) is 4.34. The van der Waals surface area contributed by atoms with Crippen molar-refractivity contribution < 1.29 is 18.0 Å². The van der Waals surface area contributed by atoms with Gasteiger partial charge in [0.2, 0.25) is 5.91 Å². The number of carbonyl (C=O) groups is 2. The van der Waals surface area contributed by atoms with Crippen LogP contribution >= 0.6 is 0 Å². The first-order valence-electron chi connectivity index (χ1n) is 7.36. The van der Waals surface area contributed by atoms with Crippen molar-refractivity contribution in [2.75, 3.05) is 24.6 Å². The Bertz CT molecular complexity index is 747. The largest absolute Gasteiger partial charge is 0.335 e. The first-order chi connectivity index (χ1) is 10.8. The summed E-state index contributed by atoms with van der Waals surface area (Å²) in [7, 11) is -3.27. The normalized spacial score (nSPS) is 26.0. The number of hydrogen-bond acceptors (Lipinski definition) is 6. The second kappa shape index (κ2) is 5.55. The molecule has 0 aromatic carbocycles. The number of aromatic nitrogens is 2. The molecule has 0 spiro atoms. The van der Waals surface area contributed by atoms with E-state index in [2.05, 4.69) is 9.97 Å². The highest BCUT2D eigenvalue weighted by molar-refractivity contribution is 7.91. The van der Waals surface area contributed by atoms with E-state index in [0.717, 1.165) is 0 Å². The SMILES string of the molecule is CC(=O)N1CCN(C(=O)c2cnc(C)cn2)[C@H]2CS(=O)(=O)C[C@H]21. The molecule has 1 aromatic heterocycles. The average Bonchev–Trinajstić information content (AvgIpc) is 2.80. The molecule has 2 aliphatic rings. The fraction of sp³-hybridized carbons (Fsp3) is 0.571. The second-order valence-corrected chi connectivity index (χ2v) is 8.12. The molecule has 0 unspecified atom stereocenters. The predicted octanol–water partition coefficient (Wildman–Crippen LogP) is -0.745. The van der Waals surface area contributed by atoms with Crippen LogP contribution in [0.4, 0.5) is 0 Å². The van der Waals surface area contributed by atoms with Gasteiger partial charge < -0.3 is 9.80 Å². The highest BCUT2D eigenvalue weighted by Gasteiger charge is 2.49. The van der Waals surface area contributed by atoms with Crippen LogP contribution in [0, 0.1) is 6.92 Å². The molecule has 2 fully saturated rings. The minimum atomic E-state index is -3.27. The Morgan fingerprint density at radius 1 is 1.09 bits per heavy atom. The average molecular weight is 338 g/mol. The van der Waals surface area contributed by atoms with Crippen LogP contribution in [0.5, 0.6) is 0 Å². The summed E-state index contributed by atoms with van der Waals surface area (Å²) in [5.41, 5.74) is 0.888. The number of carbonyl (C=O) groups excluding carboxylic acids is 2. The fourth-order valence-corrected chi connectivity index (χ4v) is 5.23. The molecule has 1 aromatic rings. The van der Waals surface area contributed by atoms with Crippen molar-refractivity contribution in [3.8, 4) is 0 Å². The van der Waals surface area contributed by atoms with Crippen LogP contribution in [-0.2, 0) is 14.6 Å². The molecule has 0 bridgehead atoms. The molecule has 3 heterocycles. The molecule has 124 valence electrons. The lowest BCUT2D eigenvalue weighted by atomic mass is 10.0. The first-order valence-corrected chi connectivity index (χ1v) is 9.18. The van der Waals surface area contributed by atoms with Crippen LogP contribution in [-0.4, -0.2) is 76.7 Å². The van der Waals surface area contributed by atoms with Gasteiger partial charge in [-0.1, -0.05) is 0 Å². The standard InChI is InChI=1S/C14H18N4O4S/c1-9-5-16-11(6-15-9)14(20)18-4-3-17(10(2)19)12-7-23(21,22)8-13(12)18/h5-6,12-13H,3-4,7-8H2,1-2H3/t12-,13+/m1/s1. The number of aryl methyl sites for hydroxylation is 1. The van der Waals surface area contributed by atoms with Crippen LogP contribution < -0.4 is 0 Å². The number of hydrogen-bond donors (Lipinski definition) is 0. The van der Waals surface area contributed by atoms with E-state index in [9.17, 15) is 18.0 Å². The van der Waals surface area contributed by atoms with Crippen LogP contribution in [0.15, 0.2) is 12.4 Å². The number of fused-ring (bicyclic) bond motifs is 1. The minimum absolute atomic E-state index is 0.0966. The molecular weight excluding hydrogens is 320 g/mol. The zero-order valence-corrected chi connectivity index (χ0v) is 13.8. The monoisotopic (exact) mass is 338 g/mol. The first kappa shape index (κ1) is 15.9. The van der Waals surface area contributed by atoms with Gasteiger partial charge in [0.1, 0.15) is 5.69 Å². The lowest BCUT2D eigenvalue weighted by Gasteiger charge is -2.43. The zero-order valence-electron chi connectivity index (χ0n) is 13.0. The van der Waals surface area contributed by atoms with Crippen molar-refractivity contribution in [2.24, 2.45) is 0 Å². The summed E-state index contributed by atoms with van der Waals surface area (Å²) in [5, 5.41) is 0. The van der Waals surface area contributed by atoms with Crippen molar-refractivity contribution in [2.45, 2.75) is 25.9 Å². The van der Waals surface area contributed by atoms with Crippen LogP contribution in [0.1, 0.15) is 23.1 Å². The number of nitrogens with zero attached hydrogens (tertiary/aromatic N) is 4. The molecule has 2 aliphatic heterocycles. The van der Waals surface area contributed by atoms with E-state index >= 15 is 0 Å². The summed E-state index contributed by atoms with van der Waals surface area (Å²) in [6, 6.07) is -0.998. The number of rotatable bonds is 1. The Morgan fingerprint density at radius 2 is 1.70 bits per heavy atom. The number of piperazine rings is 1. The van der Waals surface area contributed by atoms with Gasteiger partial charge >= 0.3 is 0 Å². The Labute approximate surface area is 134 Å². The summed E-state index contributed by atoms with van der Waals surface area (Å²) in [5.74, 6) is -0.722. The topological polar surface area (TPSA) is 101 Å². The van der Waals surface area contributed by atoms with Crippen molar-refractivity contribution in [3.05, 3.63) is 23.8 Å². The van der Waals surface area contributed by atoms with Crippen LogP contribution in [0.3, 0.4) is 0 Å². The van der Waals surface area contributed by atoms with Gasteiger partial charge in [0.25, 0.3) is 5.91 Å². The second-order valence-electron chi connectivity index (χ2n) is 5.97. The Hall–Kier alpha value is -2.03. The molecule has 2 amide bonds. The zero-order chi connectivity index (χ0) is 16.8. The highest BCUT2D eigenvalue weighted by atomic mass is 32.2. The number of sulfone groups is 1. The van der Waals surface area contributed by atoms with E-state index in [-0.39, 0.29) is 29.0 Å². The van der Waals surface area contributed by atoms with Gasteiger partial charge in [-0.15, -0.1) is 0 Å². The van der Waals surface area contributed by atoms with Crippen molar-refractivity contribution in [1.82, 2.24) is 19.8 Å². The summed E-state index contributed by atoms with van der Waals surface area (Å²) < 4.78 is 24.0. The fourth-order valence-electron chi connectivity index (χ4n) is 3.25. The molecule has 2 saturated heterocycles. The van der Waals surface area contributed by atoms with E-state index < -0.39 is 21.9 Å². The van der Waals surface area contributed by atoms with Crippen molar-refractivity contribution >= 4 is 21.7 Å². The number of amides is 2. The van der Waals surface area contributed by atoms with Gasteiger partial charge in [-0.2, -0.15) is 0 Å². The van der Waals surface area contributed by atoms with Gasteiger partial charge in [-0.05, 0) is 6.92 Å². The van der Waals surface area contributed by atoms with Gasteiger partial charge in [0, 0.05) is 26.2 Å². The van der Waals surface area contributed by atoms with Gasteiger partial charge in [0.05, 0.1) is 35.5 Å². The van der Waals surface area contributed by atoms with E-state index in [1.165, 1.54) is 24.2 Å². The maximum Gasteiger partial charge on any atom is 0.274 e. The molecule has 0 aliphatic carbocycles. The minimum Gasteiger partial charge on any atom is -0.335 e. The highest BCUT2D eigenvalue weighted by Crippen LogP contribution is 2.28. The Balaban J connectivity index is 1.90.